The molecule has 3 rings (SSSR count). The fourth-order valence-corrected chi connectivity index (χ4v) is 3.04. The molecular formula is C13H19ClN4O. The second-order valence-electron chi connectivity index (χ2n) is 5.18. The van der Waals surface area contributed by atoms with Crippen LogP contribution in [-0.2, 0) is 4.74 Å². The monoisotopic (exact) mass is 282 g/mol. The lowest BCUT2D eigenvalue weighted by Gasteiger charge is -2.32. The number of halogens is 1. The molecule has 1 unspecified atom stereocenters. The standard InChI is InChI=1S/C13H19ClN4O/c1-10-8-15-13(14)16-12(10)18-3-2-11(9-18)17-4-6-19-7-5-17/h8,11H,2-7,9H2,1H3. The molecule has 2 saturated heterocycles. The molecule has 2 aliphatic heterocycles. The first kappa shape index (κ1) is 13.1. The van der Waals surface area contributed by atoms with Crippen molar-refractivity contribution in [3.63, 3.8) is 0 Å². The molecule has 6 heteroatoms. The molecule has 1 aromatic rings. The van der Waals surface area contributed by atoms with E-state index in [2.05, 4.69) is 19.8 Å². The van der Waals surface area contributed by atoms with Gasteiger partial charge in [0.15, 0.2) is 0 Å². The Morgan fingerprint density at radius 2 is 2.11 bits per heavy atom. The number of hydrogen-bond acceptors (Lipinski definition) is 5. The van der Waals surface area contributed by atoms with Crippen molar-refractivity contribution >= 4 is 17.4 Å². The minimum Gasteiger partial charge on any atom is -0.379 e. The van der Waals surface area contributed by atoms with Crippen molar-refractivity contribution in [2.45, 2.75) is 19.4 Å². The van der Waals surface area contributed by atoms with E-state index in [4.69, 9.17) is 16.3 Å². The van der Waals surface area contributed by atoms with E-state index >= 15 is 0 Å². The topological polar surface area (TPSA) is 41.5 Å². The predicted octanol–water partition coefficient (Wildman–Crippen LogP) is 1.35. The van der Waals surface area contributed by atoms with Gasteiger partial charge in [0.2, 0.25) is 5.28 Å². The van der Waals surface area contributed by atoms with E-state index in [9.17, 15) is 0 Å². The van der Waals surface area contributed by atoms with Crippen LogP contribution >= 0.6 is 11.6 Å². The quantitative estimate of drug-likeness (QED) is 0.766. The minimum atomic E-state index is 0.329. The summed E-state index contributed by atoms with van der Waals surface area (Å²) >= 11 is 5.90. The summed E-state index contributed by atoms with van der Waals surface area (Å²) in [4.78, 5) is 13.2. The van der Waals surface area contributed by atoms with Crippen LogP contribution in [0.15, 0.2) is 6.20 Å². The van der Waals surface area contributed by atoms with E-state index in [1.165, 1.54) is 6.42 Å². The van der Waals surface area contributed by atoms with Gasteiger partial charge in [-0.2, -0.15) is 0 Å². The number of aromatic nitrogens is 2. The molecule has 0 aromatic carbocycles. The molecule has 0 spiro atoms. The van der Waals surface area contributed by atoms with Crippen molar-refractivity contribution < 1.29 is 4.74 Å². The SMILES string of the molecule is Cc1cnc(Cl)nc1N1CCC(N2CCOCC2)C1. The number of anilines is 1. The third-order valence-corrected chi connectivity index (χ3v) is 4.12. The molecule has 1 atom stereocenters. The zero-order chi connectivity index (χ0) is 13.2. The zero-order valence-electron chi connectivity index (χ0n) is 11.2. The van der Waals surface area contributed by atoms with E-state index in [1.807, 2.05) is 6.92 Å². The molecule has 0 bridgehead atoms. The zero-order valence-corrected chi connectivity index (χ0v) is 11.9. The summed E-state index contributed by atoms with van der Waals surface area (Å²) < 4.78 is 5.41. The highest BCUT2D eigenvalue weighted by Gasteiger charge is 2.30. The maximum Gasteiger partial charge on any atom is 0.224 e. The van der Waals surface area contributed by atoms with Crippen molar-refractivity contribution in [3.05, 3.63) is 17.0 Å². The number of ether oxygens (including phenoxy) is 1. The van der Waals surface area contributed by atoms with Crippen LogP contribution < -0.4 is 4.90 Å². The van der Waals surface area contributed by atoms with Gasteiger partial charge in [-0.25, -0.2) is 9.97 Å². The third kappa shape index (κ3) is 2.83. The highest BCUT2D eigenvalue weighted by atomic mass is 35.5. The summed E-state index contributed by atoms with van der Waals surface area (Å²) in [5.74, 6) is 0.982. The summed E-state index contributed by atoms with van der Waals surface area (Å²) in [5, 5.41) is 0.329. The van der Waals surface area contributed by atoms with E-state index in [-0.39, 0.29) is 0 Å². The molecule has 2 fully saturated rings. The summed E-state index contributed by atoms with van der Waals surface area (Å²) in [6, 6.07) is 0.608. The Labute approximate surface area is 118 Å². The number of aryl methyl sites for hydroxylation is 1. The smallest absolute Gasteiger partial charge is 0.224 e. The van der Waals surface area contributed by atoms with Crippen molar-refractivity contribution in [2.75, 3.05) is 44.3 Å². The Morgan fingerprint density at radius 1 is 1.32 bits per heavy atom. The van der Waals surface area contributed by atoms with E-state index in [0.717, 1.165) is 50.8 Å². The number of hydrogen-bond donors (Lipinski definition) is 0. The van der Waals surface area contributed by atoms with Gasteiger partial charge in [0.25, 0.3) is 0 Å². The largest absolute Gasteiger partial charge is 0.379 e. The Balaban J connectivity index is 1.69. The molecule has 1 aromatic heterocycles. The lowest BCUT2D eigenvalue weighted by molar-refractivity contribution is 0.0209. The normalized spacial score (nSPS) is 24.9. The van der Waals surface area contributed by atoms with Crippen LogP contribution in [0.25, 0.3) is 0 Å². The molecule has 0 saturated carbocycles. The van der Waals surface area contributed by atoms with Gasteiger partial charge < -0.3 is 9.64 Å². The van der Waals surface area contributed by atoms with Crippen LogP contribution in [0.2, 0.25) is 5.28 Å². The van der Waals surface area contributed by atoms with Gasteiger partial charge in [-0.1, -0.05) is 0 Å². The number of morpholine rings is 1. The molecule has 104 valence electrons. The minimum absolute atomic E-state index is 0.329. The van der Waals surface area contributed by atoms with Gasteiger partial charge in [-0.3, -0.25) is 4.90 Å². The van der Waals surface area contributed by atoms with Crippen molar-refractivity contribution in [1.82, 2.24) is 14.9 Å². The fourth-order valence-electron chi connectivity index (χ4n) is 2.91. The average Bonchev–Trinajstić information content (AvgIpc) is 2.92. The van der Waals surface area contributed by atoms with Crippen molar-refractivity contribution in [1.29, 1.82) is 0 Å². The number of rotatable bonds is 2. The Morgan fingerprint density at radius 3 is 2.89 bits per heavy atom. The summed E-state index contributed by atoms with van der Waals surface area (Å²) in [6.07, 6.45) is 2.98. The van der Waals surface area contributed by atoms with Crippen LogP contribution in [0, 0.1) is 6.92 Å². The molecule has 0 radical (unpaired) electrons. The average molecular weight is 283 g/mol. The first-order valence-electron chi connectivity index (χ1n) is 6.80. The second-order valence-corrected chi connectivity index (χ2v) is 5.52. The molecule has 19 heavy (non-hydrogen) atoms. The van der Waals surface area contributed by atoms with Gasteiger partial charge in [-0.15, -0.1) is 0 Å². The third-order valence-electron chi connectivity index (χ3n) is 3.94. The lowest BCUT2D eigenvalue weighted by atomic mass is 10.2. The Bertz CT molecular complexity index is 450. The van der Waals surface area contributed by atoms with Gasteiger partial charge in [0.05, 0.1) is 13.2 Å². The Kier molecular flexibility index (Phi) is 3.86. The molecule has 3 heterocycles. The van der Waals surface area contributed by atoms with Gasteiger partial charge in [0, 0.05) is 44.0 Å². The van der Waals surface area contributed by atoms with Crippen LogP contribution in [0.4, 0.5) is 5.82 Å². The highest BCUT2D eigenvalue weighted by molar-refractivity contribution is 6.28. The summed E-state index contributed by atoms with van der Waals surface area (Å²) in [5.41, 5.74) is 1.09. The molecule has 0 N–H and O–H groups in total. The first-order chi connectivity index (χ1) is 9.24. The van der Waals surface area contributed by atoms with E-state index in [0.29, 0.717) is 11.3 Å². The second kappa shape index (κ2) is 5.61. The van der Waals surface area contributed by atoms with Crippen LogP contribution in [0.1, 0.15) is 12.0 Å². The molecule has 0 amide bonds. The van der Waals surface area contributed by atoms with Gasteiger partial charge in [0.1, 0.15) is 5.82 Å². The van der Waals surface area contributed by atoms with Crippen molar-refractivity contribution in [2.24, 2.45) is 0 Å². The van der Waals surface area contributed by atoms with Crippen LogP contribution in [-0.4, -0.2) is 60.3 Å². The fraction of sp³-hybridized carbons (Fsp3) is 0.692. The predicted molar refractivity (Wildman–Crippen MR) is 74.8 cm³/mol. The van der Waals surface area contributed by atoms with Crippen molar-refractivity contribution in [3.8, 4) is 0 Å². The first-order valence-corrected chi connectivity index (χ1v) is 7.18. The number of nitrogens with zero attached hydrogens (tertiary/aromatic N) is 4. The van der Waals surface area contributed by atoms with E-state index in [1.54, 1.807) is 6.20 Å². The highest BCUT2D eigenvalue weighted by Crippen LogP contribution is 2.25. The molecule has 2 aliphatic rings. The van der Waals surface area contributed by atoms with Crippen LogP contribution in [0.3, 0.4) is 0 Å². The molecule has 5 nitrogen and oxygen atoms in total. The summed E-state index contributed by atoms with van der Waals surface area (Å²) in [6.45, 7) is 7.89. The maximum absolute atomic E-state index is 5.90. The van der Waals surface area contributed by atoms with E-state index < -0.39 is 0 Å². The lowest BCUT2D eigenvalue weighted by Crippen LogP contribution is -2.44. The summed E-state index contributed by atoms with van der Waals surface area (Å²) in [7, 11) is 0. The van der Waals surface area contributed by atoms with Crippen LogP contribution in [0.5, 0.6) is 0 Å². The Hall–Kier alpha value is -0.910. The van der Waals surface area contributed by atoms with Gasteiger partial charge in [-0.05, 0) is 24.9 Å². The maximum atomic E-state index is 5.90. The van der Waals surface area contributed by atoms with Gasteiger partial charge >= 0.3 is 0 Å². The molecular weight excluding hydrogens is 264 g/mol. The molecule has 0 aliphatic carbocycles.